The molecule has 2 aromatic rings. The summed E-state index contributed by atoms with van der Waals surface area (Å²) in [5.41, 5.74) is 0. The third-order valence-electron chi connectivity index (χ3n) is 3.53. The van der Waals surface area contributed by atoms with Gasteiger partial charge < -0.3 is 4.90 Å². The molecule has 5 nitrogen and oxygen atoms in total. The second kappa shape index (κ2) is 5.57. The van der Waals surface area contributed by atoms with E-state index >= 15 is 0 Å². The van der Waals surface area contributed by atoms with E-state index < -0.39 is 10.0 Å². The number of likely N-dealkylation sites (N-methyl/N-ethyl adjacent to an activating group) is 1. The first-order chi connectivity index (χ1) is 9.98. The molecule has 8 heteroatoms. The van der Waals surface area contributed by atoms with Gasteiger partial charge in [0.1, 0.15) is 10.0 Å². The van der Waals surface area contributed by atoms with Gasteiger partial charge in [0.25, 0.3) is 10.0 Å². The SMILES string of the molecule is CN(C1CN(c2ccccn2)C1)S(=O)(=O)c1ccc(Cl)s1. The van der Waals surface area contributed by atoms with E-state index in [2.05, 4.69) is 9.88 Å². The summed E-state index contributed by atoms with van der Waals surface area (Å²) in [7, 11) is -1.85. The summed E-state index contributed by atoms with van der Waals surface area (Å²) in [4.78, 5) is 6.31. The van der Waals surface area contributed by atoms with E-state index in [0.29, 0.717) is 17.4 Å². The first-order valence-corrected chi connectivity index (χ1v) is 9.01. The smallest absolute Gasteiger partial charge is 0.252 e. The highest BCUT2D eigenvalue weighted by molar-refractivity contribution is 7.91. The summed E-state index contributed by atoms with van der Waals surface area (Å²) < 4.78 is 27.1. The Balaban J connectivity index is 1.69. The second-order valence-electron chi connectivity index (χ2n) is 4.83. The lowest BCUT2D eigenvalue weighted by Gasteiger charge is -2.43. The molecule has 1 fully saturated rings. The lowest BCUT2D eigenvalue weighted by molar-refractivity contribution is 0.310. The summed E-state index contributed by atoms with van der Waals surface area (Å²) in [6.07, 6.45) is 1.73. The molecule has 0 aromatic carbocycles. The van der Waals surface area contributed by atoms with Gasteiger partial charge in [-0.25, -0.2) is 13.4 Å². The number of hydrogen-bond donors (Lipinski definition) is 0. The summed E-state index contributed by atoms with van der Waals surface area (Å²) in [5.74, 6) is 0.874. The lowest BCUT2D eigenvalue weighted by Crippen LogP contribution is -2.59. The Labute approximate surface area is 132 Å². The fourth-order valence-corrected chi connectivity index (χ4v) is 5.19. The molecule has 0 amide bonds. The maximum absolute atomic E-state index is 12.5. The second-order valence-corrected chi connectivity index (χ2v) is 8.77. The monoisotopic (exact) mass is 343 g/mol. The van der Waals surface area contributed by atoms with Crippen molar-refractivity contribution >= 4 is 38.8 Å². The van der Waals surface area contributed by atoms with Crippen LogP contribution in [0.5, 0.6) is 0 Å². The Morgan fingerprint density at radius 1 is 1.33 bits per heavy atom. The van der Waals surface area contributed by atoms with Gasteiger partial charge >= 0.3 is 0 Å². The van der Waals surface area contributed by atoms with Gasteiger partial charge in [-0.2, -0.15) is 4.31 Å². The quantitative estimate of drug-likeness (QED) is 0.854. The van der Waals surface area contributed by atoms with Crippen molar-refractivity contribution in [2.75, 3.05) is 25.0 Å². The molecule has 0 aliphatic carbocycles. The number of hydrogen-bond acceptors (Lipinski definition) is 5. The van der Waals surface area contributed by atoms with Crippen LogP contribution in [0.1, 0.15) is 0 Å². The minimum atomic E-state index is -3.46. The van der Waals surface area contributed by atoms with Crippen molar-refractivity contribution in [2.45, 2.75) is 10.3 Å². The van der Waals surface area contributed by atoms with Gasteiger partial charge in [-0.3, -0.25) is 0 Å². The van der Waals surface area contributed by atoms with Crippen LogP contribution in [0, 0.1) is 0 Å². The molecule has 0 saturated carbocycles. The van der Waals surface area contributed by atoms with Gasteiger partial charge in [0.15, 0.2) is 0 Å². The number of pyridine rings is 1. The van der Waals surface area contributed by atoms with Gasteiger partial charge in [-0.15, -0.1) is 11.3 Å². The van der Waals surface area contributed by atoms with Gasteiger partial charge in [0.2, 0.25) is 0 Å². The van der Waals surface area contributed by atoms with E-state index in [9.17, 15) is 8.42 Å². The molecule has 0 spiro atoms. The highest BCUT2D eigenvalue weighted by Crippen LogP contribution is 2.30. The molecule has 112 valence electrons. The predicted molar refractivity (Wildman–Crippen MR) is 84.5 cm³/mol. The summed E-state index contributed by atoms with van der Waals surface area (Å²) in [6, 6.07) is 8.81. The number of rotatable bonds is 4. The third-order valence-corrected chi connectivity index (χ3v) is 7.14. The Hall–Kier alpha value is -1.15. The lowest BCUT2D eigenvalue weighted by atomic mass is 10.1. The van der Waals surface area contributed by atoms with Crippen molar-refractivity contribution in [3.05, 3.63) is 40.9 Å². The van der Waals surface area contributed by atoms with E-state index in [4.69, 9.17) is 11.6 Å². The summed E-state index contributed by atoms with van der Waals surface area (Å²) in [6.45, 7) is 1.29. The Morgan fingerprint density at radius 3 is 2.67 bits per heavy atom. The number of halogens is 1. The molecular formula is C13H14ClN3O2S2. The van der Waals surface area contributed by atoms with Crippen molar-refractivity contribution in [1.29, 1.82) is 0 Å². The molecule has 0 radical (unpaired) electrons. The van der Waals surface area contributed by atoms with E-state index in [-0.39, 0.29) is 10.3 Å². The molecule has 0 unspecified atom stereocenters. The third kappa shape index (κ3) is 2.78. The molecule has 1 aliphatic rings. The van der Waals surface area contributed by atoms with Crippen molar-refractivity contribution in [3.8, 4) is 0 Å². The van der Waals surface area contributed by atoms with E-state index in [1.54, 1.807) is 25.4 Å². The van der Waals surface area contributed by atoms with Gasteiger partial charge in [-0.05, 0) is 24.3 Å². The van der Waals surface area contributed by atoms with Crippen LogP contribution in [-0.4, -0.2) is 43.9 Å². The number of nitrogens with zero attached hydrogens (tertiary/aromatic N) is 3. The molecule has 0 bridgehead atoms. The zero-order valence-electron chi connectivity index (χ0n) is 11.3. The Kier molecular flexibility index (Phi) is 3.92. The number of thiophene rings is 1. The van der Waals surface area contributed by atoms with E-state index in [0.717, 1.165) is 17.2 Å². The average Bonchev–Trinajstić information content (AvgIpc) is 2.85. The normalized spacial score (nSPS) is 16.2. The first-order valence-electron chi connectivity index (χ1n) is 6.38. The number of anilines is 1. The zero-order valence-corrected chi connectivity index (χ0v) is 13.7. The van der Waals surface area contributed by atoms with E-state index in [1.165, 1.54) is 4.31 Å². The minimum Gasteiger partial charge on any atom is -0.353 e. The van der Waals surface area contributed by atoms with Crippen LogP contribution in [0.4, 0.5) is 5.82 Å². The number of sulfonamides is 1. The molecule has 2 aromatic heterocycles. The highest BCUT2D eigenvalue weighted by atomic mass is 35.5. The maximum atomic E-state index is 12.5. The largest absolute Gasteiger partial charge is 0.353 e. The van der Waals surface area contributed by atoms with Crippen LogP contribution >= 0.6 is 22.9 Å². The fourth-order valence-electron chi connectivity index (χ4n) is 2.19. The molecule has 0 N–H and O–H groups in total. The Morgan fingerprint density at radius 2 is 2.10 bits per heavy atom. The minimum absolute atomic E-state index is 0.0436. The van der Waals surface area contributed by atoms with Crippen molar-refractivity contribution in [3.63, 3.8) is 0 Å². The van der Waals surface area contributed by atoms with Crippen molar-refractivity contribution in [2.24, 2.45) is 0 Å². The molecule has 3 heterocycles. The van der Waals surface area contributed by atoms with Crippen LogP contribution in [0.25, 0.3) is 0 Å². The maximum Gasteiger partial charge on any atom is 0.252 e. The highest BCUT2D eigenvalue weighted by Gasteiger charge is 2.37. The van der Waals surface area contributed by atoms with Crippen LogP contribution in [0.15, 0.2) is 40.7 Å². The van der Waals surface area contributed by atoms with E-state index in [1.807, 2.05) is 18.2 Å². The van der Waals surface area contributed by atoms with Crippen LogP contribution < -0.4 is 4.90 Å². The summed E-state index contributed by atoms with van der Waals surface area (Å²) in [5, 5.41) is 0. The molecule has 1 saturated heterocycles. The topological polar surface area (TPSA) is 53.5 Å². The van der Waals surface area contributed by atoms with Gasteiger partial charge in [0.05, 0.1) is 10.4 Å². The molecule has 1 aliphatic heterocycles. The van der Waals surface area contributed by atoms with Crippen molar-refractivity contribution in [1.82, 2.24) is 9.29 Å². The number of aromatic nitrogens is 1. The molecule has 3 rings (SSSR count). The summed E-state index contributed by atoms with van der Waals surface area (Å²) >= 11 is 6.90. The zero-order chi connectivity index (χ0) is 15.0. The molecule has 21 heavy (non-hydrogen) atoms. The average molecular weight is 344 g/mol. The fraction of sp³-hybridized carbons (Fsp3) is 0.308. The van der Waals surface area contributed by atoms with Crippen LogP contribution in [0.2, 0.25) is 4.34 Å². The first kappa shape index (κ1) is 14.8. The van der Waals surface area contributed by atoms with Gasteiger partial charge in [-0.1, -0.05) is 17.7 Å². The standard InChI is InChI=1S/C13H14ClN3O2S2/c1-16(21(18,19)13-6-5-11(14)20-13)10-8-17(9-10)12-4-2-3-7-15-12/h2-7,10H,8-9H2,1H3. The predicted octanol–water partition coefficient (Wildman–Crippen LogP) is 2.31. The van der Waals surface area contributed by atoms with Crippen LogP contribution in [-0.2, 0) is 10.0 Å². The molecular weight excluding hydrogens is 330 g/mol. The van der Waals surface area contributed by atoms with Gasteiger partial charge in [0, 0.05) is 26.3 Å². The molecule has 0 atom stereocenters. The van der Waals surface area contributed by atoms with Crippen LogP contribution in [0.3, 0.4) is 0 Å². The van der Waals surface area contributed by atoms with Crippen molar-refractivity contribution < 1.29 is 8.42 Å². The Bertz CT molecular complexity index is 727.